The molecule has 1 fully saturated rings. The fourth-order valence-electron chi connectivity index (χ4n) is 2.78. The zero-order valence-electron chi connectivity index (χ0n) is 14.3. The van der Waals surface area contributed by atoms with Gasteiger partial charge in [0.15, 0.2) is 0 Å². The average Bonchev–Trinajstić information content (AvgIpc) is 3.13. The van der Waals surface area contributed by atoms with E-state index in [1.807, 2.05) is 37.9 Å². The molecule has 1 aliphatic heterocycles. The molecular weight excluding hydrogens is 306 g/mol. The molecule has 1 saturated heterocycles. The van der Waals surface area contributed by atoms with Crippen LogP contribution >= 0.6 is 0 Å². The van der Waals surface area contributed by atoms with Crippen molar-refractivity contribution in [1.29, 1.82) is 0 Å². The monoisotopic (exact) mass is 329 g/mol. The molecule has 128 valence electrons. The Morgan fingerprint density at radius 1 is 1.12 bits per heavy atom. The zero-order chi connectivity index (χ0) is 17.3. The van der Waals surface area contributed by atoms with Gasteiger partial charge in [0.2, 0.25) is 0 Å². The Labute approximate surface area is 141 Å². The molecule has 24 heavy (non-hydrogen) atoms. The van der Waals surface area contributed by atoms with Crippen molar-refractivity contribution in [3.05, 3.63) is 36.0 Å². The van der Waals surface area contributed by atoms with Gasteiger partial charge in [0.1, 0.15) is 5.60 Å². The summed E-state index contributed by atoms with van der Waals surface area (Å²) < 4.78 is 6.85. The molecule has 0 atom stereocenters. The second kappa shape index (κ2) is 6.28. The van der Waals surface area contributed by atoms with Crippen LogP contribution in [0.4, 0.5) is 4.79 Å². The van der Waals surface area contributed by atoms with E-state index in [0.29, 0.717) is 11.1 Å². The minimum absolute atomic E-state index is 0.157. The van der Waals surface area contributed by atoms with E-state index < -0.39 is 11.7 Å². The molecule has 2 aromatic rings. The first kappa shape index (κ1) is 16.5. The van der Waals surface area contributed by atoms with Gasteiger partial charge in [-0.3, -0.25) is 14.8 Å². The molecule has 6 nitrogen and oxygen atoms in total. The highest BCUT2D eigenvalue weighted by atomic mass is 16.6. The summed E-state index contributed by atoms with van der Waals surface area (Å²) in [6.45, 7) is 7.23. The van der Waals surface area contributed by atoms with Crippen LogP contribution < -0.4 is 5.43 Å². The van der Waals surface area contributed by atoms with Gasteiger partial charge < -0.3 is 4.74 Å². The van der Waals surface area contributed by atoms with E-state index in [-0.39, 0.29) is 5.91 Å². The van der Waals surface area contributed by atoms with Crippen molar-refractivity contribution in [2.24, 2.45) is 0 Å². The van der Waals surface area contributed by atoms with Crippen LogP contribution in [0, 0.1) is 0 Å². The van der Waals surface area contributed by atoms with Gasteiger partial charge in [0.05, 0.1) is 5.52 Å². The highest BCUT2D eigenvalue weighted by Crippen LogP contribution is 2.20. The third kappa shape index (κ3) is 3.59. The van der Waals surface area contributed by atoms with E-state index >= 15 is 0 Å². The van der Waals surface area contributed by atoms with Crippen LogP contribution in [0.5, 0.6) is 0 Å². The Balaban J connectivity index is 1.85. The van der Waals surface area contributed by atoms with Crippen molar-refractivity contribution in [3.63, 3.8) is 0 Å². The van der Waals surface area contributed by atoms with Gasteiger partial charge >= 0.3 is 6.09 Å². The predicted molar refractivity (Wildman–Crippen MR) is 91.8 cm³/mol. The van der Waals surface area contributed by atoms with E-state index in [1.165, 1.54) is 4.57 Å². The molecule has 1 aromatic carbocycles. The van der Waals surface area contributed by atoms with Gasteiger partial charge in [0, 0.05) is 30.2 Å². The maximum absolute atomic E-state index is 12.4. The van der Waals surface area contributed by atoms with Crippen molar-refractivity contribution in [2.75, 3.05) is 13.1 Å². The number of aromatic nitrogens is 1. The van der Waals surface area contributed by atoms with Gasteiger partial charge in [-0.15, -0.1) is 0 Å². The molecule has 1 aromatic heterocycles. The van der Waals surface area contributed by atoms with Gasteiger partial charge in [-0.1, -0.05) is 6.07 Å². The third-order valence-corrected chi connectivity index (χ3v) is 3.91. The molecular formula is C18H23N3O3. The summed E-state index contributed by atoms with van der Waals surface area (Å²) in [6.07, 6.45) is 3.41. The molecule has 0 saturated carbocycles. The minimum atomic E-state index is -0.571. The van der Waals surface area contributed by atoms with Crippen molar-refractivity contribution in [1.82, 2.24) is 15.0 Å². The number of benzene rings is 1. The lowest BCUT2D eigenvalue weighted by atomic mass is 10.1. The van der Waals surface area contributed by atoms with Gasteiger partial charge in [-0.2, -0.15) is 0 Å². The Morgan fingerprint density at radius 3 is 2.50 bits per heavy atom. The summed E-state index contributed by atoms with van der Waals surface area (Å²) in [5.41, 5.74) is 3.53. The number of hydrazine groups is 1. The van der Waals surface area contributed by atoms with Gasteiger partial charge in [-0.05, 0) is 51.8 Å². The molecule has 1 N–H and O–H groups in total. The summed E-state index contributed by atoms with van der Waals surface area (Å²) >= 11 is 0. The van der Waals surface area contributed by atoms with Crippen molar-refractivity contribution in [3.8, 4) is 0 Å². The number of ether oxygens (including phenoxy) is 1. The number of amides is 1. The molecule has 6 heteroatoms. The van der Waals surface area contributed by atoms with E-state index in [0.717, 1.165) is 31.3 Å². The quantitative estimate of drug-likeness (QED) is 0.919. The first-order chi connectivity index (χ1) is 11.3. The normalized spacial score (nSPS) is 15.6. The van der Waals surface area contributed by atoms with Crippen LogP contribution in [0.2, 0.25) is 0 Å². The molecule has 1 aliphatic rings. The second-order valence-corrected chi connectivity index (χ2v) is 7.07. The highest BCUT2D eigenvalue weighted by molar-refractivity contribution is 5.99. The number of fused-ring (bicyclic) bond motifs is 1. The Bertz CT molecular complexity index is 767. The van der Waals surface area contributed by atoms with Crippen molar-refractivity contribution < 1.29 is 14.3 Å². The molecule has 0 radical (unpaired) electrons. The predicted octanol–water partition coefficient (Wildman–Crippen LogP) is 3.17. The van der Waals surface area contributed by atoms with E-state index in [2.05, 4.69) is 5.43 Å². The molecule has 2 heterocycles. The largest absolute Gasteiger partial charge is 0.443 e. The van der Waals surface area contributed by atoms with E-state index in [4.69, 9.17) is 4.74 Å². The third-order valence-electron chi connectivity index (χ3n) is 3.91. The fraction of sp³-hybridized carbons (Fsp3) is 0.444. The van der Waals surface area contributed by atoms with Crippen LogP contribution in [0.1, 0.15) is 44.0 Å². The topological polar surface area (TPSA) is 63.6 Å². The first-order valence-corrected chi connectivity index (χ1v) is 8.24. The first-order valence-electron chi connectivity index (χ1n) is 8.24. The highest BCUT2D eigenvalue weighted by Gasteiger charge is 2.20. The summed E-state index contributed by atoms with van der Waals surface area (Å²) in [5.74, 6) is -0.157. The maximum atomic E-state index is 12.4. The molecule has 0 aliphatic carbocycles. The average molecular weight is 329 g/mol. The Hall–Kier alpha value is -2.34. The Kier molecular flexibility index (Phi) is 4.32. The summed E-state index contributed by atoms with van der Waals surface area (Å²) in [6, 6.07) is 7.17. The number of carbonyl (C=O) groups is 2. The zero-order valence-corrected chi connectivity index (χ0v) is 14.3. The van der Waals surface area contributed by atoms with E-state index in [1.54, 1.807) is 18.3 Å². The SMILES string of the molecule is CC(C)(C)OC(=O)n1ccc2ccc(C(=O)NN3CCCC3)cc21. The minimum Gasteiger partial charge on any atom is -0.443 e. The number of nitrogens with one attached hydrogen (secondary N) is 1. The van der Waals surface area contributed by atoms with Gasteiger partial charge in [0.25, 0.3) is 5.91 Å². The van der Waals surface area contributed by atoms with Crippen LogP contribution in [0.25, 0.3) is 10.9 Å². The molecule has 0 bridgehead atoms. The number of hydrogen-bond donors (Lipinski definition) is 1. The lowest BCUT2D eigenvalue weighted by Crippen LogP contribution is -2.39. The smallest absolute Gasteiger partial charge is 0.418 e. The standard InChI is InChI=1S/C18H23N3O3/c1-18(2,3)24-17(23)21-11-8-13-6-7-14(12-15(13)21)16(22)19-20-9-4-5-10-20/h6-8,11-12H,4-5,9-10H2,1-3H3,(H,19,22). The molecule has 3 rings (SSSR count). The summed E-state index contributed by atoms with van der Waals surface area (Å²) in [5, 5.41) is 2.82. The van der Waals surface area contributed by atoms with Gasteiger partial charge in [-0.25, -0.2) is 9.80 Å². The number of rotatable bonds is 2. The van der Waals surface area contributed by atoms with Crippen molar-refractivity contribution in [2.45, 2.75) is 39.2 Å². The van der Waals surface area contributed by atoms with Crippen molar-refractivity contribution >= 4 is 22.9 Å². The lowest BCUT2D eigenvalue weighted by molar-refractivity contribution is 0.0544. The molecule has 0 unspecified atom stereocenters. The lowest BCUT2D eigenvalue weighted by Gasteiger charge is -2.20. The molecule has 1 amide bonds. The van der Waals surface area contributed by atoms with Crippen LogP contribution in [-0.2, 0) is 4.74 Å². The summed E-state index contributed by atoms with van der Waals surface area (Å²) in [7, 11) is 0. The Morgan fingerprint density at radius 2 is 1.83 bits per heavy atom. The van der Waals surface area contributed by atoms with Crippen LogP contribution in [0.3, 0.4) is 0 Å². The van der Waals surface area contributed by atoms with Crippen LogP contribution in [0.15, 0.2) is 30.5 Å². The number of carbonyl (C=O) groups excluding carboxylic acids is 2. The number of nitrogens with zero attached hydrogens (tertiary/aromatic N) is 2. The fourth-order valence-corrected chi connectivity index (χ4v) is 2.78. The number of hydrogen-bond acceptors (Lipinski definition) is 4. The summed E-state index contributed by atoms with van der Waals surface area (Å²) in [4.78, 5) is 24.7. The molecule has 0 spiro atoms. The maximum Gasteiger partial charge on any atom is 0.418 e. The van der Waals surface area contributed by atoms with Crippen LogP contribution in [-0.4, -0.2) is 40.3 Å². The van der Waals surface area contributed by atoms with E-state index in [9.17, 15) is 9.59 Å². The second-order valence-electron chi connectivity index (χ2n) is 7.07.